The maximum atomic E-state index is 11.8. The summed E-state index contributed by atoms with van der Waals surface area (Å²) >= 11 is 0. The quantitative estimate of drug-likeness (QED) is 0.582. The number of nitrogens with zero attached hydrogens (tertiary/aromatic N) is 1. The van der Waals surface area contributed by atoms with Crippen LogP contribution in [0.4, 0.5) is 0 Å². The van der Waals surface area contributed by atoms with Crippen molar-refractivity contribution in [1.82, 2.24) is 0 Å². The molecule has 0 aromatic carbocycles. The van der Waals surface area contributed by atoms with E-state index < -0.39 is 0 Å². The second-order valence-electron chi connectivity index (χ2n) is 8.93. The molecule has 0 aromatic rings. The molecule has 0 N–H and O–H groups in total. The summed E-state index contributed by atoms with van der Waals surface area (Å²) < 4.78 is 5.52. The van der Waals surface area contributed by atoms with Crippen molar-refractivity contribution in [2.24, 2.45) is 21.7 Å². The molecular weight excluding hydrogens is 262 g/mol. The van der Waals surface area contributed by atoms with E-state index in [2.05, 4.69) is 26.5 Å². The summed E-state index contributed by atoms with van der Waals surface area (Å²) in [5, 5.41) is 9.77. The van der Waals surface area contributed by atoms with Gasteiger partial charge in [-0.25, -0.2) is 4.79 Å². The average Bonchev–Trinajstić information content (AvgIpc) is 2.31. The second kappa shape index (κ2) is 4.12. The minimum Gasteiger partial charge on any atom is -0.462 e. The van der Waals surface area contributed by atoms with Gasteiger partial charge in [0.1, 0.15) is 0 Å². The Morgan fingerprint density at radius 3 is 2.19 bits per heavy atom. The molecule has 4 fully saturated rings. The van der Waals surface area contributed by atoms with Crippen molar-refractivity contribution in [3.63, 3.8) is 0 Å². The Kier molecular flexibility index (Phi) is 2.87. The fraction of sp³-hybridized carbons (Fsp3) is 0.778. The molecule has 4 aliphatic rings. The van der Waals surface area contributed by atoms with E-state index in [0.29, 0.717) is 12.2 Å². The molecule has 3 nitrogen and oxygen atoms in total. The van der Waals surface area contributed by atoms with Crippen molar-refractivity contribution in [3.05, 3.63) is 12.2 Å². The number of carbonyl (C=O) groups excluding carboxylic acids is 1. The van der Waals surface area contributed by atoms with E-state index in [0.717, 1.165) is 32.1 Å². The number of hydrogen-bond donors (Lipinski definition) is 0. The summed E-state index contributed by atoms with van der Waals surface area (Å²) in [4.78, 5) is 11.8. The molecule has 3 heteroatoms. The van der Waals surface area contributed by atoms with Crippen LogP contribution in [0.5, 0.6) is 0 Å². The van der Waals surface area contributed by atoms with Gasteiger partial charge in [-0.05, 0) is 56.3 Å². The van der Waals surface area contributed by atoms with E-state index in [1.165, 1.54) is 6.42 Å². The number of rotatable bonds is 3. The number of ether oxygens (including phenoxy) is 1. The molecule has 21 heavy (non-hydrogen) atoms. The summed E-state index contributed by atoms with van der Waals surface area (Å²) in [6, 6.07) is 2.64. The van der Waals surface area contributed by atoms with Crippen molar-refractivity contribution in [3.8, 4) is 6.07 Å². The zero-order chi connectivity index (χ0) is 15.5. The van der Waals surface area contributed by atoms with Crippen molar-refractivity contribution in [2.75, 3.05) is 6.61 Å². The van der Waals surface area contributed by atoms with Gasteiger partial charge in [0, 0.05) is 11.0 Å². The lowest BCUT2D eigenvalue weighted by molar-refractivity contribution is -0.192. The second-order valence-corrected chi connectivity index (χ2v) is 8.93. The van der Waals surface area contributed by atoms with Gasteiger partial charge >= 0.3 is 5.97 Å². The molecule has 0 saturated heterocycles. The van der Waals surface area contributed by atoms with Gasteiger partial charge in [-0.3, -0.25) is 0 Å². The molecule has 2 atom stereocenters. The fourth-order valence-electron chi connectivity index (χ4n) is 6.56. The highest BCUT2D eigenvalue weighted by Crippen LogP contribution is 2.73. The minimum atomic E-state index is -0.299. The topological polar surface area (TPSA) is 50.1 Å². The van der Waals surface area contributed by atoms with Gasteiger partial charge in [0.25, 0.3) is 0 Å². The van der Waals surface area contributed by atoms with Crippen LogP contribution in [-0.2, 0) is 9.53 Å². The zero-order valence-corrected chi connectivity index (χ0v) is 13.4. The monoisotopic (exact) mass is 287 g/mol. The third kappa shape index (κ3) is 2.29. The maximum absolute atomic E-state index is 11.8. The summed E-state index contributed by atoms with van der Waals surface area (Å²) in [6.07, 6.45) is 6.31. The molecule has 4 aliphatic carbocycles. The Balaban J connectivity index is 1.88. The molecule has 0 radical (unpaired) electrons. The number of nitriles is 1. The van der Waals surface area contributed by atoms with Crippen LogP contribution in [0.2, 0.25) is 0 Å². The normalized spacial score (nSPS) is 47.0. The highest BCUT2D eigenvalue weighted by Gasteiger charge is 2.66. The third-order valence-electron chi connectivity index (χ3n) is 5.80. The predicted octanol–water partition coefficient (Wildman–Crippen LogP) is 4.00. The molecule has 4 bridgehead atoms. The standard InChI is InChI=1S/C18H25NO2/c1-13(2)14(20)21-12-18-8-15(3)5-16(4,9-18)7-17(6-15,10-18)11-19/h1,5-10,12H2,2-4H3. The average molecular weight is 287 g/mol. The first kappa shape index (κ1) is 14.6. The Morgan fingerprint density at radius 2 is 1.71 bits per heavy atom. The maximum Gasteiger partial charge on any atom is 0.333 e. The molecule has 0 heterocycles. The van der Waals surface area contributed by atoms with E-state index >= 15 is 0 Å². The van der Waals surface area contributed by atoms with Gasteiger partial charge in [-0.2, -0.15) is 5.26 Å². The lowest BCUT2D eigenvalue weighted by Gasteiger charge is -2.67. The first-order valence-electron chi connectivity index (χ1n) is 7.87. The Hall–Kier alpha value is -1.30. The molecular formula is C18H25NO2. The summed E-state index contributed by atoms with van der Waals surface area (Å²) in [5.41, 5.74) is 0.712. The van der Waals surface area contributed by atoms with E-state index in [9.17, 15) is 10.1 Å². The Bertz CT molecular complexity index is 538. The van der Waals surface area contributed by atoms with Crippen LogP contribution in [0.25, 0.3) is 0 Å². The van der Waals surface area contributed by atoms with Gasteiger partial charge < -0.3 is 4.74 Å². The lowest BCUT2D eigenvalue weighted by atomic mass is 9.36. The van der Waals surface area contributed by atoms with Crippen LogP contribution in [0.3, 0.4) is 0 Å². The summed E-state index contributed by atoms with van der Waals surface area (Å²) in [6.45, 7) is 10.4. The lowest BCUT2D eigenvalue weighted by Crippen LogP contribution is -2.60. The van der Waals surface area contributed by atoms with Gasteiger partial charge in [0.05, 0.1) is 18.1 Å². The molecule has 4 saturated carbocycles. The van der Waals surface area contributed by atoms with E-state index in [1.54, 1.807) is 6.92 Å². The van der Waals surface area contributed by atoms with Crippen LogP contribution in [0, 0.1) is 33.0 Å². The Labute approximate surface area is 127 Å². The highest BCUT2D eigenvalue weighted by atomic mass is 16.5. The number of carbonyl (C=O) groups is 1. The van der Waals surface area contributed by atoms with Crippen molar-refractivity contribution < 1.29 is 9.53 Å². The van der Waals surface area contributed by atoms with Crippen molar-refractivity contribution in [1.29, 1.82) is 5.26 Å². The molecule has 0 aromatic heterocycles. The SMILES string of the molecule is C=C(C)C(=O)OCC12CC3(C)CC(C)(CC(C#N)(C3)C1)C2. The number of esters is 1. The van der Waals surface area contributed by atoms with Crippen LogP contribution >= 0.6 is 0 Å². The van der Waals surface area contributed by atoms with Crippen molar-refractivity contribution in [2.45, 2.75) is 59.3 Å². The van der Waals surface area contributed by atoms with Crippen LogP contribution in [-0.4, -0.2) is 12.6 Å². The highest BCUT2D eigenvalue weighted by molar-refractivity contribution is 5.86. The Morgan fingerprint density at radius 1 is 1.14 bits per heavy atom. The van der Waals surface area contributed by atoms with Crippen molar-refractivity contribution >= 4 is 5.97 Å². The minimum absolute atomic E-state index is 0.000903. The number of hydrogen-bond acceptors (Lipinski definition) is 3. The zero-order valence-electron chi connectivity index (χ0n) is 13.4. The molecule has 4 rings (SSSR count). The first-order valence-corrected chi connectivity index (χ1v) is 7.87. The smallest absolute Gasteiger partial charge is 0.333 e. The fourth-order valence-corrected chi connectivity index (χ4v) is 6.56. The molecule has 2 unspecified atom stereocenters. The van der Waals surface area contributed by atoms with E-state index in [1.807, 2.05) is 0 Å². The summed E-state index contributed by atoms with van der Waals surface area (Å²) in [5.74, 6) is -0.299. The molecule has 0 aliphatic heterocycles. The molecule has 114 valence electrons. The van der Waals surface area contributed by atoms with Crippen LogP contribution < -0.4 is 0 Å². The third-order valence-corrected chi connectivity index (χ3v) is 5.80. The van der Waals surface area contributed by atoms with E-state index in [-0.39, 0.29) is 27.6 Å². The summed E-state index contributed by atoms with van der Waals surface area (Å²) in [7, 11) is 0. The molecule has 0 spiro atoms. The van der Waals surface area contributed by atoms with E-state index in [4.69, 9.17) is 4.74 Å². The predicted molar refractivity (Wildman–Crippen MR) is 80.2 cm³/mol. The molecule has 0 amide bonds. The van der Waals surface area contributed by atoms with Crippen LogP contribution in [0.1, 0.15) is 59.3 Å². The first-order chi connectivity index (χ1) is 9.63. The van der Waals surface area contributed by atoms with Gasteiger partial charge in [-0.15, -0.1) is 0 Å². The largest absolute Gasteiger partial charge is 0.462 e. The van der Waals surface area contributed by atoms with Gasteiger partial charge in [-0.1, -0.05) is 20.4 Å². The van der Waals surface area contributed by atoms with Crippen LogP contribution in [0.15, 0.2) is 12.2 Å². The van der Waals surface area contributed by atoms with Gasteiger partial charge in [0.15, 0.2) is 0 Å². The van der Waals surface area contributed by atoms with Gasteiger partial charge in [0.2, 0.25) is 0 Å².